The van der Waals surface area contributed by atoms with Crippen LogP contribution in [0.1, 0.15) is 23.6 Å². The maximum Gasteiger partial charge on any atom is 0.322 e. The van der Waals surface area contributed by atoms with Crippen LogP contribution < -0.4 is 19.5 Å². The summed E-state index contributed by atoms with van der Waals surface area (Å²) >= 11 is 0. The van der Waals surface area contributed by atoms with Crippen molar-refractivity contribution in [2.24, 2.45) is 5.10 Å². The van der Waals surface area contributed by atoms with Crippen molar-refractivity contribution in [3.63, 3.8) is 0 Å². The largest absolute Gasteiger partial charge is 0.495 e. The van der Waals surface area contributed by atoms with Crippen LogP contribution in [0.5, 0.6) is 17.2 Å². The SMILES string of the molecule is COCCN(CC(=O)N1N=C(c2ccccc2F)CC1c1ccc(OC)c(OC)c1)C(=O)Nc1ccccc1OC. The molecule has 41 heavy (non-hydrogen) atoms. The summed E-state index contributed by atoms with van der Waals surface area (Å²) in [5.41, 5.74) is 1.89. The minimum atomic E-state index is -0.571. The van der Waals surface area contributed by atoms with E-state index in [1.54, 1.807) is 54.6 Å². The Morgan fingerprint density at radius 2 is 1.66 bits per heavy atom. The summed E-state index contributed by atoms with van der Waals surface area (Å²) in [6.07, 6.45) is 0.258. The molecule has 0 radical (unpaired) electrons. The molecule has 1 unspecified atom stereocenters. The van der Waals surface area contributed by atoms with E-state index in [4.69, 9.17) is 18.9 Å². The monoisotopic (exact) mass is 564 g/mol. The molecule has 1 heterocycles. The molecule has 4 rings (SSSR count). The molecular formula is C30H33FN4O6. The number of benzene rings is 3. The lowest BCUT2D eigenvalue weighted by atomic mass is 9.97. The van der Waals surface area contributed by atoms with Crippen molar-refractivity contribution in [1.29, 1.82) is 0 Å². The maximum atomic E-state index is 14.7. The van der Waals surface area contributed by atoms with E-state index >= 15 is 0 Å². The third-order valence-electron chi connectivity index (χ3n) is 6.67. The summed E-state index contributed by atoms with van der Waals surface area (Å²) < 4.78 is 36.1. The van der Waals surface area contributed by atoms with Crippen molar-refractivity contribution in [1.82, 2.24) is 9.91 Å². The average Bonchev–Trinajstić information content (AvgIpc) is 3.44. The molecule has 1 N–H and O–H groups in total. The summed E-state index contributed by atoms with van der Waals surface area (Å²) in [5.74, 6) is 0.591. The summed E-state index contributed by atoms with van der Waals surface area (Å²) in [6, 6.07) is 17.5. The molecule has 3 amide bonds. The number of hydrogen-bond donors (Lipinski definition) is 1. The molecular weight excluding hydrogens is 531 g/mol. The second-order valence-electron chi connectivity index (χ2n) is 9.14. The number of carbonyl (C=O) groups is 2. The average molecular weight is 565 g/mol. The number of rotatable bonds is 11. The highest BCUT2D eigenvalue weighted by molar-refractivity contribution is 6.03. The molecule has 0 spiro atoms. The molecule has 0 saturated heterocycles. The summed E-state index contributed by atoms with van der Waals surface area (Å²) in [5, 5.41) is 8.66. The highest BCUT2D eigenvalue weighted by Gasteiger charge is 2.35. The quantitative estimate of drug-likeness (QED) is 0.362. The minimum Gasteiger partial charge on any atom is -0.495 e. The zero-order valence-corrected chi connectivity index (χ0v) is 23.4. The van der Waals surface area contributed by atoms with Gasteiger partial charge in [-0.3, -0.25) is 4.79 Å². The van der Waals surface area contributed by atoms with E-state index in [-0.39, 0.29) is 26.1 Å². The number of hydrogen-bond acceptors (Lipinski definition) is 7. The first-order valence-electron chi connectivity index (χ1n) is 12.9. The molecule has 0 aliphatic carbocycles. The lowest BCUT2D eigenvalue weighted by molar-refractivity contribution is -0.133. The number of methoxy groups -OCH3 is 4. The van der Waals surface area contributed by atoms with Gasteiger partial charge in [-0.1, -0.05) is 36.4 Å². The van der Waals surface area contributed by atoms with Crippen LogP contribution in [0.4, 0.5) is 14.9 Å². The minimum absolute atomic E-state index is 0.141. The Kier molecular flexibility index (Phi) is 9.75. The third kappa shape index (κ3) is 6.75. The Bertz CT molecular complexity index is 1420. The molecule has 1 aliphatic heterocycles. The van der Waals surface area contributed by atoms with Gasteiger partial charge in [-0.05, 0) is 35.9 Å². The van der Waals surface area contributed by atoms with Gasteiger partial charge in [0.2, 0.25) is 0 Å². The number of anilines is 1. The van der Waals surface area contributed by atoms with Crippen molar-refractivity contribution in [3.05, 3.63) is 83.7 Å². The predicted octanol–water partition coefficient (Wildman–Crippen LogP) is 4.71. The first-order valence-corrected chi connectivity index (χ1v) is 12.9. The Labute approximate surface area is 238 Å². The Balaban J connectivity index is 1.64. The molecule has 3 aromatic rings. The van der Waals surface area contributed by atoms with E-state index in [1.165, 1.54) is 44.4 Å². The molecule has 1 aliphatic rings. The van der Waals surface area contributed by atoms with E-state index in [0.29, 0.717) is 39.8 Å². The maximum absolute atomic E-state index is 14.7. The Morgan fingerprint density at radius 3 is 2.37 bits per heavy atom. The van der Waals surface area contributed by atoms with Gasteiger partial charge in [-0.15, -0.1) is 0 Å². The Morgan fingerprint density at radius 1 is 0.951 bits per heavy atom. The van der Waals surface area contributed by atoms with Crippen molar-refractivity contribution in [3.8, 4) is 17.2 Å². The summed E-state index contributed by atoms with van der Waals surface area (Å²) in [6.45, 7) is 0.0413. The van der Waals surface area contributed by atoms with Crippen LogP contribution in [-0.4, -0.2) is 75.7 Å². The molecule has 11 heteroatoms. The van der Waals surface area contributed by atoms with Crippen LogP contribution in [0.3, 0.4) is 0 Å². The first-order chi connectivity index (χ1) is 19.9. The number of para-hydroxylation sites is 2. The van der Waals surface area contributed by atoms with Gasteiger partial charge in [0.15, 0.2) is 11.5 Å². The van der Waals surface area contributed by atoms with E-state index in [2.05, 4.69) is 10.4 Å². The van der Waals surface area contributed by atoms with Crippen molar-refractivity contribution < 1.29 is 32.9 Å². The molecule has 0 aromatic heterocycles. The van der Waals surface area contributed by atoms with Crippen LogP contribution in [0.2, 0.25) is 0 Å². The second kappa shape index (κ2) is 13.6. The number of halogens is 1. The Hall–Kier alpha value is -4.64. The molecule has 10 nitrogen and oxygen atoms in total. The molecule has 216 valence electrons. The number of urea groups is 1. The number of nitrogens with zero attached hydrogens (tertiary/aromatic N) is 3. The van der Waals surface area contributed by atoms with Crippen LogP contribution in [-0.2, 0) is 9.53 Å². The smallest absolute Gasteiger partial charge is 0.322 e. The second-order valence-corrected chi connectivity index (χ2v) is 9.14. The van der Waals surface area contributed by atoms with Gasteiger partial charge in [-0.25, -0.2) is 14.2 Å². The standard InChI is InChI=1S/C30H33FN4O6/c1-38-16-15-34(30(37)32-23-11-7-8-12-26(23)39-2)19-29(36)35-25(20-13-14-27(40-3)28(17-20)41-4)18-24(33-35)21-9-5-6-10-22(21)31/h5-14,17,25H,15-16,18-19H2,1-4H3,(H,32,37). The van der Waals surface area contributed by atoms with E-state index in [1.807, 2.05) is 6.07 Å². The number of ether oxygens (including phenoxy) is 4. The molecule has 0 fully saturated rings. The van der Waals surface area contributed by atoms with Gasteiger partial charge in [-0.2, -0.15) is 5.10 Å². The molecule has 1 atom stereocenters. The van der Waals surface area contributed by atoms with Gasteiger partial charge < -0.3 is 29.2 Å². The topological polar surface area (TPSA) is 102 Å². The zero-order valence-electron chi connectivity index (χ0n) is 23.4. The number of carbonyl (C=O) groups excluding carboxylic acids is 2. The van der Waals surface area contributed by atoms with Crippen molar-refractivity contribution in [2.45, 2.75) is 12.5 Å². The van der Waals surface area contributed by atoms with E-state index in [9.17, 15) is 14.0 Å². The van der Waals surface area contributed by atoms with Gasteiger partial charge in [0, 0.05) is 25.6 Å². The van der Waals surface area contributed by atoms with Crippen LogP contribution in [0, 0.1) is 5.82 Å². The summed E-state index contributed by atoms with van der Waals surface area (Å²) in [4.78, 5) is 28.4. The van der Waals surface area contributed by atoms with Gasteiger partial charge in [0.1, 0.15) is 18.1 Å². The normalized spacial score (nSPS) is 14.3. The number of nitrogens with one attached hydrogen (secondary N) is 1. The van der Waals surface area contributed by atoms with Gasteiger partial charge >= 0.3 is 6.03 Å². The van der Waals surface area contributed by atoms with Crippen molar-refractivity contribution in [2.75, 3.05) is 53.5 Å². The lowest BCUT2D eigenvalue weighted by Gasteiger charge is -2.27. The van der Waals surface area contributed by atoms with Crippen molar-refractivity contribution >= 4 is 23.3 Å². The van der Waals surface area contributed by atoms with Gasteiger partial charge in [0.25, 0.3) is 5.91 Å². The predicted molar refractivity (Wildman–Crippen MR) is 152 cm³/mol. The van der Waals surface area contributed by atoms with Crippen LogP contribution in [0.25, 0.3) is 0 Å². The highest BCUT2D eigenvalue weighted by Crippen LogP contribution is 2.37. The van der Waals surface area contributed by atoms with Gasteiger partial charge in [0.05, 0.1) is 45.4 Å². The highest BCUT2D eigenvalue weighted by atomic mass is 19.1. The number of hydrazone groups is 1. The molecule has 0 saturated carbocycles. The fourth-order valence-electron chi connectivity index (χ4n) is 4.55. The van der Waals surface area contributed by atoms with Crippen LogP contribution >= 0.6 is 0 Å². The third-order valence-corrected chi connectivity index (χ3v) is 6.67. The zero-order chi connectivity index (χ0) is 29.4. The fourth-order valence-corrected chi connectivity index (χ4v) is 4.55. The number of amides is 3. The lowest BCUT2D eigenvalue weighted by Crippen LogP contribution is -2.44. The fraction of sp³-hybridized carbons (Fsp3) is 0.300. The van der Waals surface area contributed by atoms with E-state index in [0.717, 1.165) is 0 Å². The van der Waals surface area contributed by atoms with Crippen LogP contribution in [0.15, 0.2) is 71.8 Å². The molecule has 0 bridgehead atoms. The summed E-state index contributed by atoms with van der Waals surface area (Å²) in [7, 11) is 6.07. The molecule has 3 aromatic carbocycles. The van der Waals surface area contributed by atoms with E-state index < -0.39 is 23.8 Å². The first kappa shape index (κ1) is 29.3.